The summed E-state index contributed by atoms with van der Waals surface area (Å²) in [5, 5.41) is 3.08. The Hall–Kier alpha value is -3.12. The summed E-state index contributed by atoms with van der Waals surface area (Å²) < 4.78 is 90.5. The number of likely N-dealkylation sites (tertiary alicyclic amines) is 1. The molecule has 6 nitrogen and oxygen atoms in total. The highest BCUT2D eigenvalue weighted by Gasteiger charge is 2.39. The fraction of sp³-hybridized carbons (Fsp3) is 0.481. The molecule has 0 spiro atoms. The average molecular weight is 561 g/mol. The van der Waals surface area contributed by atoms with Crippen LogP contribution in [0.3, 0.4) is 0 Å². The number of hydrogen-bond acceptors (Lipinski definition) is 5. The van der Waals surface area contributed by atoms with Crippen LogP contribution in [0.5, 0.6) is 0 Å². The van der Waals surface area contributed by atoms with Crippen LogP contribution in [0.4, 0.5) is 26.3 Å². The van der Waals surface area contributed by atoms with E-state index in [1.54, 1.807) is 18.2 Å². The van der Waals surface area contributed by atoms with Crippen LogP contribution in [0.25, 0.3) is 0 Å². The maximum Gasteiger partial charge on any atom is 0.416 e. The fourth-order valence-corrected chi connectivity index (χ4v) is 4.47. The molecule has 0 radical (unpaired) electrons. The molecule has 2 aromatic rings. The van der Waals surface area contributed by atoms with Gasteiger partial charge in [-0.2, -0.15) is 26.3 Å². The lowest BCUT2D eigenvalue weighted by molar-refractivity contribution is -0.145. The lowest BCUT2D eigenvalue weighted by Crippen LogP contribution is -2.52. The molecule has 1 N–H and O–H groups in total. The zero-order valence-electron chi connectivity index (χ0n) is 21.3. The van der Waals surface area contributed by atoms with Crippen LogP contribution in [-0.2, 0) is 33.0 Å². The molecule has 1 heterocycles. The highest BCUT2D eigenvalue weighted by Crippen LogP contribution is 2.37. The summed E-state index contributed by atoms with van der Waals surface area (Å²) >= 11 is 0. The van der Waals surface area contributed by atoms with Gasteiger partial charge in [-0.25, -0.2) is 0 Å². The van der Waals surface area contributed by atoms with Crippen LogP contribution in [0.1, 0.15) is 46.8 Å². The van der Waals surface area contributed by atoms with Crippen molar-refractivity contribution in [2.75, 3.05) is 32.9 Å². The lowest BCUT2D eigenvalue weighted by Gasteiger charge is -2.40. The van der Waals surface area contributed by atoms with Gasteiger partial charge in [-0.15, -0.1) is 0 Å². The maximum atomic E-state index is 13.4. The number of piperidine rings is 1. The molecule has 1 fully saturated rings. The summed E-state index contributed by atoms with van der Waals surface area (Å²) in [5.41, 5.74) is -2.92. The summed E-state index contributed by atoms with van der Waals surface area (Å²) in [6.07, 6.45) is -9.12. The van der Waals surface area contributed by atoms with Crippen molar-refractivity contribution < 1.29 is 45.4 Å². The van der Waals surface area contributed by atoms with Crippen molar-refractivity contribution in [3.63, 3.8) is 0 Å². The number of ether oxygens (including phenoxy) is 2. The van der Waals surface area contributed by atoms with Gasteiger partial charge in [-0.1, -0.05) is 30.3 Å². The summed E-state index contributed by atoms with van der Waals surface area (Å²) in [6.45, 7) is 2.67. The minimum absolute atomic E-state index is 0.00183. The third-order valence-corrected chi connectivity index (χ3v) is 6.36. The van der Waals surface area contributed by atoms with Gasteiger partial charge < -0.3 is 19.7 Å². The van der Waals surface area contributed by atoms with Crippen LogP contribution in [0.2, 0.25) is 0 Å². The lowest BCUT2D eigenvalue weighted by atomic mass is 9.91. The number of halogens is 6. The van der Waals surface area contributed by atoms with Crippen LogP contribution >= 0.6 is 0 Å². The van der Waals surface area contributed by atoms with Crippen LogP contribution in [0.15, 0.2) is 48.5 Å². The molecule has 0 aromatic heterocycles. The second-order valence-corrected chi connectivity index (χ2v) is 9.16. The zero-order chi connectivity index (χ0) is 28.6. The number of rotatable bonds is 10. The predicted octanol–water partition coefficient (Wildman–Crippen LogP) is 5.11. The molecule has 39 heavy (non-hydrogen) atoms. The molecule has 1 aliphatic rings. The Kier molecular flexibility index (Phi) is 10.4. The molecule has 1 saturated heterocycles. The number of alkyl halides is 6. The number of hydrogen-bond donors (Lipinski definition) is 1. The smallest absolute Gasteiger partial charge is 0.416 e. The molecule has 3 rings (SSSR count). The number of benzene rings is 2. The van der Waals surface area contributed by atoms with E-state index in [0.717, 1.165) is 5.56 Å². The van der Waals surface area contributed by atoms with Crippen molar-refractivity contribution in [1.29, 1.82) is 0 Å². The van der Waals surface area contributed by atoms with Gasteiger partial charge in [0.25, 0.3) is 5.91 Å². The summed E-state index contributed by atoms with van der Waals surface area (Å²) in [4.78, 5) is 26.7. The summed E-state index contributed by atoms with van der Waals surface area (Å²) in [6, 6.07) is 9.18. The van der Waals surface area contributed by atoms with E-state index in [0.29, 0.717) is 38.0 Å². The molecule has 214 valence electrons. The highest BCUT2D eigenvalue weighted by atomic mass is 19.4. The Labute approximate surface area is 222 Å². The zero-order valence-corrected chi connectivity index (χ0v) is 21.3. The normalized spacial score (nSPS) is 18.2. The van der Waals surface area contributed by atoms with Gasteiger partial charge in [0.15, 0.2) is 0 Å². The van der Waals surface area contributed by atoms with Crippen molar-refractivity contribution in [3.05, 3.63) is 70.8 Å². The first-order valence-corrected chi connectivity index (χ1v) is 12.5. The van der Waals surface area contributed by atoms with E-state index in [9.17, 15) is 35.9 Å². The van der Waals surface area contributed by atoms with E-state index in [2.05, 4.69) is 5.32 Å². The van der Waals surface area contributed by atoms with E-state index >= 15 is 0 Å². The van der Waals surface area contributed by atoms with E-state index in [1.807, 2.05) is 19.1 Å². The molecule has 0 bridgehead atoms. The minimum atomic E-state index is -5.06. The molecule has 2 aromatic carbocycles. The first kappa shape index (κ1) is 30.4. The van der Waals surface area contributed by atoms with Gasteiger partial charge in [0.05, 0.1) is 24.3 Å². The average Bonchev–Trinajstić information content (AvgIpc) is 2.89. The fourth-order valence-electron chi connectivity index (χ4n) is 4.47. The van der Waals surface area contributed by atoms with Crippen molar-refractivity contribution >= 4 is 11.9 Å². The number of carbonyl (C=O) groups is 2. The third-order valence-electron chi connectivity index (χ3n) is 6.36. The first-order valence-electron chi connectivity index (χ1n) is 12.5. The van der Waals surface area contributed by atoms with Crippen LogP contribution in [0, 0.1) is 0 Å². The van der Waals surface area contributed by atoms with E-state index in [1.165, 1.54) is 4.90 Å². The number of esters is 1. The van der Waals surface area contributed by atoms with E-state index < -0.39 is 47.0 Å². The molecule has 12 heteroatoms. The second-order valence-electron chi connectivity index (χ2n) is 9.16. The second kappa shape index (κ2) is 13.3. The standard InChI is InChI=1S/C27H30F6N2O4/c1-2-38-10-11-39-24(36)17-34-22-8-9-35(23(16-22)12-18-6-4-3-5-7-18)25(37)19-13-20(26(28,29)30)15-21(14-19)27(31,32)33/h3-7,13-15,22-23,34H,2,8-12,16-17H2,1H3/t22-,23+/m0/s1. The molecule has 2 atom stereocenters. The number of nitrogens with zero attached hydrogens (tertiary/aromatic N) is 1. The molecular weight excluding hydrogens is 530 g/mol. The summed E-state index contributed by atoms with van der Waals surface area (Å²) in [7, 11) is 0. The van der Waals surface area contributed by atoms with Crippen molar-refractivity contribution in [3.8, 4) is 0 Å². The SMILES string of the molecule is CCOCCOC(=O)CN[C@H]1CCN(C(=O)c2cc(C(F)(F)F)cc(C(F)(F)F)c2)[C@H](Cc2ccccc2)C1. The number of carbonyl (C=O) groups excluding carboxylic acids is 2. The predicted molar refractivity (Wildman–Crippen MR) is 130 cm³/mol. The number of amides is 1. The largest absolute Gasteiger partial charge is 0.462 e. The third kappa shape index (κ3) is 8.96. The molecular formula is C27H30F6N2O4. The quantitative estimate of drug-likeness (QED) is 0.249. The molecule has 0 saturated carbocycles. The van der Waals surface area contributed by atoms with Gasteiger partial charge in [-0.05, 0) is 49.9 Å². The van der Waals surface area contributed by atoms with Crippen LogP contribution in [-0.4, -0.2) is 61.8 Å². The highest BCUT2D eigenvalue weighted by molar-refractivity contribution is 5.95. The van der Waals surface area contributed by atoms with Gasteiger partial charge >= 0.3 is 18.3 Å². The van der Waals surface area contributed by atoms with Crippen molar-refractivity contribution in [1.82, 2.24) is 10.2 Å². The summed E-state index contributed by atoms with van der Waals surface area (Å²) in [5.74, 6) is -1.40. The molecule has 0 aliphatic carbocycles. The van der Waals surface area contributed by atoms with Crippen molar-refractivity contribution in [2.45, 2.75) is 50.6 Å². The Bertz CT molecular complexity index is 1080. The molecule has 0 unspecified atom stereocenters. The topological polar surface area (TPSA) is 67.9 Å². The van der Waals surface area contributed by atoms with Gasteiger partial charge in [-0.3, -0.25) is 9.59 Å². The molecule has 1 aliphatic heterocycles. The van der Waals surface area contributed by atoms with Crippen molar-refractivity contribution in [2.24, 2.45) is 0 Å². The maximum absolute atomic E-state index is 13.4. The van der Waals surface area contributed by atoms with E-state index in [4.69, 9.17) is 9.47 Å². The van der Waals surface area contributed by atoms with Gasteiger partial charge in [0, 0.05) is 30.8 Å². The van der Waals surface area contributed by atoms with Gasteiger partial charge in [0.2, 0.25) is 0 Å². The Morgan fingerprint density at radius 1 is 0.974 bits per heavy atom. The molecule has 1 amide bonds. The van der Waals surface area contributed by atoms with Crippen LogP contribution < -0.4 is 5.32 Å². The van der Waals surface area contributed by atoms with Gasteiger partial charge in [0.1, 0.15) is 6.61 Å². The Morgan fingerprint density at radius 3 is 2.21 bits per heavy atom. The first-order chi connectivity index (χ1) is 18.4. The van der Waals surface area contributed by atoms with E-state index in [-0.39, 0.29) is 38.4 Å². The Morgan fingerprint density at radius 2 is 1.62 bits per heavy atom. The number of nitrogens with one attached hydrogen (secondary N) is 1. The minimum Gasteiger partial charge on any atom is -0.462 e. The monoisotopic (exact) mass is 560 g/mol. The Balaban J connectivity index is 1.79.